The number of esters is 2. The highest BCUT2D eigenvalue weighted by atomic mass is 16.7. The molecule has 11 unspecified atom stereocenters. The van der Waals surface area contributed by atoms with Gasteiger partial charge in [0, 0.05) is 12.8 Å². The molecular weight excluding hydrogens is 817 g/mol. The Morgan fingerprint density at radius 1 is 0.508 bits per heavy atom. The number of carbonyl (C=O) groups is 2. The molecule has 0 spiro atoms. The number of ether oxygens (including phenoxy) is 6. The summed E-state index contributed by atoms with van der Waals surface area (Å²) >= 11 is 0. The van der Waals surface area contributed by atoms with Crippen molar-refractivity contribution in [2.75, 3.05) is 26.4 Å². The second-order valence-electron chi connectivity index (χ2n) is 17.3. The zero-order chi connectivity index (χ0) is 46.1. The van der Waals surface area contributed by atoms with Gasteiger partial charge in [0.1, 0.15) is 55.4 Å². The quantitative estimate of drug-likeness (QED) is 0.0216. The fourth-order valence-electron chi connectivity index (χ4n) is 7.60. The van der Waals surface area contributed by atoms with Gasteiger partial charge in [0.2, 0.25) is 0 Å². The van der Waals surface area contributed by atoms with Crippen LogP contribution >= 0.6 is 0 Å². The van der Waals surface area contributed by atoms with Crippen LogP contribution in [0.1, 0.15) is 174 Å². The largest absolute Gasteiger partial charge is 0.462 e. The zero-order valence-electron chi connectivity index (χ0n) is 38.6. The molecule has 0 bridgehead atoms. The lowest BCUT2D eigenvalue weighted by molar-refractivity contribution is -0.332. The van der Waals surface area contributed by atoms with Crippen LogP contribution in [0.2, 0.25) is 0 Å². The van der Waals surface area contributed by atoms with E-state index in [0.29, 0.717) is 12.8 Å². The van der Waals surface area contributed by atoms with Gasteiger partial charge in [-0.15, -0.1) is 0 Å². The number of aliphatic hydroxyl groups is 7. The summed E-state index contributed by atoms with van der Waals surface area (Å²) in [6.45, 7) is 2.52. The van der Waals surface area contributed by atoms with Gasteiger partial charge in [-0.2, -0.15) is 0 Å². The Morgan fingerprint density at radius 3 is 1.51 bits per heavy atom. The third-order valence-electron chi connectivity index (χ3n) is 11.7. The third kappa shape index (κ3) is 24.9. The van der Waals surface area contributed by atoms with E-state index in [1.165, 1.54) is 77.0 Å². The predicted octanol–water partition coefficient (Wildman–Crippen LogP) is 5.99. The van der Waals surface area contributed by atoms with Crippen molar-refractivity contribution >= 4 is 11.9 Å². The van der Waals surface area contributed by atoms with E-state index in [0.717, 1.165) is 57.8 Å². The van der Waals surface area contributed by atoms with Crippen molar-refractivity contribution in [1.29, 1.82) is 0 Å². The van der Waals surface area contributed by atoms with Crippen LogP contribution in [-0.2, 0) is 38.0 Å². The van der Waals surface area contributed by atoms with Gasteiger partial charge in [0.05, 0.1) is 19.8 Å². The van der Waals surface area contributed by atoms with Crippen LogP contribution in [0.25, 0.3) is 0 Å². The van der Waals surface area contributed by atoms with Crippen molar-refractivity contribution in [2.45, 2.75) is 242 Å². The summed E-state index contributed by atoms with van der Waals surface area (Å²) in [6, 6.07) is 0. The normalized spacial score (nSPS) is 27.0. The highest BCUT2D eigenvalue weighted by Gasteiger charge is 2.47. The maximum absolute atomic E-state index is 13.0. The van der Waals surface area contributed by atoms with Crippen LogP contribution < -0.4 is 0 Å². The van der Waals surface area contributed by atoms with Crippen molar-refractivity contribution in [3.8, 4) is 0 Å². The van der Waals surface area contributed by atoms with E-state index < -0.39 is 92.7 Å². The Labute approximate surface area is 377 Å². The van der Waals surface area contributed by atoms with Crippen LogP contribution in [0.4, 0.5) is 0 Å². The standard InChI is InChI=1S/C48H86O15/c1-3-5-7-9-11-13-14-15-16-17-18-19-20-21-22-23-25-27-29-31-40(51)61-36(33-58-39(50)30-28-26-24-12-10-8-6-4-2)34-59-47-46(57)44(55)42(53)38(63-47)35-60-48-45(56)43(54)41(52)37(32-49)62-48/h11,13,15-16,36-38,41-49,52-57H,3-10,12,14,17-35H2,1-2H3/b13-11-,16-15-. The smallest absolute Gasteiger partial charge is 0.306 e. The fraction of sp³-hybridized carbons (Fsp3) is 0.875. The Balaban J connectivity index is 1.79. The molecule has 2 fully saturated rings. The minimum absolute atomic E-state index is 0.162. The first-order valence-electron chi connectivity index (χ1n) is 24.4. The molecule has 0 aromatic carbocycles. The van der Waals surface area contributed by atoms with Gasteiger partial charge in [-0.05, 0) is 44.9 Å². The minimum atomic E-state index is -1.76. The highest BCUT2D eigenvalue weighted by molar-refractivity contribution is 5.70. The number of hydrogen-bond donors (Lipinski definition) is 7. The molecule has 15 nitrogen and oxygen atoms in total. The summed E-state index contributed by atoms with van der Waals surface area (Å²) in [5, 5.41) is 71.9. The maximum Gasteiger partial charge on any atom is 0.306 e. The first-order valence-corrected chi connectivity index (χ1v) is 24.4. The number of unbranched alkanes of at least 4 members (excludes halogenated alkanes) is 19. The molecule has 0 radical (unpaired) electrons. The molecule has 63 heavy (non-hydrogen) atoms. The summed E-state index contributed by atoms with van der Waals surface area (Å²) in [5.41, 5.74) is 0. The van der Waals surface area contributed by atoms with Crippen LogP contribution in [0, 0.1) is 0 Å². The molecular formula is C48H86O15. The van der Waals surface area contributed by atoms with Gasteiger partial charge in [-0.1, -0.05) is 141 Å². The molecule has 0 aliphatic carbocycles. The second kappa shape index (κ2) is 36.1. The second-order valence-corrected chi connectivity index (χ2v) is 17.3. The van der Waals surface area contributed by atoms with Crippen LogP contribution in [-0.4, -0.2) is 142 Å². The van der Waals surface area contributed by atoms with Gasteiger partial charge in [-0.25, -0.2) is 0 Å². The summed E-state index contributed by atoms with van der Waals surface area (Å²) in [7, 11) is 0. The first-order chi connectivity index (χ1) is 30.5. The molecule has 2 saturated heterocycles. The molecule has 15 heteroatoms. The lowest BCUT2D eigenvalue weighted by Crippen LogP contribution is -2.61. The predicted molar refractivity (Wildman–Crippen MR) is 238 cm³/mol. The number of hydrogen-bond acceptors (Lipinski definition) is 15. The summed E-state index contributed by atoms with van der Waals surface area (Å²) in [6.07, 6.45) is 18.0. The van der Waals surface area contributed by atoms with E-state index in [2.05, 4.69) is 38.2 Å². The molecule has 7 N–H and O–H groups in total. The van der Waals surface area contributed by atoms with Gasteiger partial charge < -0.3 is 64.2 Å². The molecule has 0 saturated carbocycles. The molecule has 2 aliphatic heterocycles. The lowest BCUT2D eigenvalue weighted by atomic mass is 9.98. The van der Waals surface area contributed by atoms with E-state index in [4.69, 9.17) is 28.4 Å². The monoisotopic (exact) mass is 903 g/mol. The summed E-state index contributed by atoms with van der Waals surface area (Å²) in [5.74, 6) is -0.931. The van der Waals surface area contributed by atoms with Crippen LogP contribution in [0.5, 0.6) is 0 Å². The lowest BCUT2D eigenvalue weighted by Gasteiger charge is -2.42. The fourth-order valence-corrected chi connectivity index (χ4v) is 7.60. The van der Waals surface area contributed by atoms with Crippen molar-refractivity contribution in [3.63, 3.8) is 0 Å². The number of rotatable bonds is 37. The topological polar surface area (TPSA) is 231 Å². The van der Waals surface area contributed by atoms with Crippen LogP contribution in [0.3, 0.4) is 0 Å². The molecule has 11 atom stereocenters. The third-order valence-corrected chi connectivity index (χ3v) is 11.7. The van der Waals surface area contributed by atoms with E-state index in [9.17, 15) is 45.3 Å². The average molecular weight is 903 g/mol. The van der Waals surface area contributed by atoms with E-state index in [-0.39, 0.29) is 26.1 Å². The molecule has 2 heterocycles. The van der Waals surface area contributed by atoms with E-state index in [1.54, 1.807) is 0 Å². The highest BCUT2D eigenvalue weighted by Crippen LogP contribution is 2.26. The number of carbonyl (C=O) groups excluding carboxylic acids is 2. The minimum Gasteiger partial charge on any atom is -0.462 e. The average Bonchev–Trinajstić information content (AvgIpc) is 3.28. The molecule has 0 amide bonds. The van der Waals surface area contributed by atoms with Gasteiger partial charge >= 0.3 is 11.9 Å². The van der Waals surface area contributed by atoms with Gasteiger partial charge in [-0.3, -0.25) is 9.59 Å². The van der Waals surface area contributed by atoms with Crippen molar-refractivity contribution in [2.24, 2.45) is 0 Å². The van der Waals surface area contributed by atoms with Crippen molar-refractivity contribution in [3.05, 3.63) is 24.3 Å². The SMILES string of the molecule is CCCCC/C=C\C/C=C\CCCCCCCCCCCC(=O)OC(COC(=O)CCCCCCCCCC)COC1OC(COC2OC(CO)C(O)C(O)C2O)C(O)C(O)C1O. The molecule has 2 aliphatic rings. The Bertz CT molecular complexity index is 1200. The summed E-state index contributed by atoms with van der Waals surface area (Å²) in [4.78, 5) is 25.6. The van der Waals surface area contributed by atoms with Gasteiger partial charge in [0.25, 0.3) is 0 Å². The molecule has 368 valence electrons. The number of allylic oxidation sites excluding steroid dienone is 4. The Morgan fingerprint density at radius 2 is 0.952 bits per heavy atom. The summed E-state index contributed by atoms with van der Waals surface area (Å²) < 4.78 is 33.4. The van der Waals surface area contributed by atoms with E-state index in [1.807, 2.05) is 0 Å². The number of aliphatic hydroxyl groups excluding tert-OH is 7. The molecule has 0 aromatic rings. The first kappa shape index (κ1) is 57.1. The molecule has 0 aromatic heterocycles. The Kier molecular flexibility index (Phi) is 32.8. The van der Waals surface area contributed by atoms with Gasteiger partial charge in [0.15, 0.2) is 18.7 Å². The van der Waals surface area contributed by atoms with Crippen molar-refractivity contribution < 1.29 is 73.8 Å². The van der Waals surface area contributed by atoms with Crippen LogP contribution in [0.15, 0.2) is 24.3 Å². The Hall–Kier alpha value is -2.02. The zero-order valence-corrected chi connectivity index (χ0v) is 38.6. The maximum atomic E-state index is 13.0. The molecule has 2 rings (SSSR count). The van der Waals surface area contributed by atoms with E-state index >= 15 is 0 Å². The van der Waals surface area contributed by atoms with Crippen molar-refractivity contribution in [1.82, 2.24) is 0 Å².